The zero-order valence-corrected chi connectivity index (χ0v) is 8.53. The molecule has 0 aromatic carbocycles. The van der Waals surface area contributed by atoms with E-state index in [1.807, 2.05) is 6.19 Å². The Morgan fingerprint density at radius 2 is 2.47 bits per heavy atom. The van der Waals surface area contributed by atoms with E-state index in [1.54, 1.807) is 13.1 Å². The minimum Gasteiger partial charge on any atom is -0.460 e. The molecule has 0 aliphatic carbocycles. The number of hydrogen-bond donors (Lipinski definition) is 1. The molecule has 5 heteroatoms. The zero-order chi connectivity index (χ0) is 11.4. The van der Waals surface area contributed by atoms with Crippen LogP contribution in [0.3, 0.4) is 0 Å². The van der Waals surface area contributed by atoms with Crippen LogP contribution in [-0.2, 0) is 6.54 Å². The second-order valence-corrected chi connectivity index (χ2v) is 3.05. The van der Waals surface area contributed by atoms with Crippen LogP contribution in [0.2, 0.25) is 0 Å². The summed E-state index contributed by atoms with van der Waals surface area (Å²) in [4.78, 5) is 5.03. The third-order valence-corrected chi connectivity index (χ3v) is 1.87. The smallest absolute Gasteiger partial charge is 0.179 e. The predicted molar refractivity (Wildman–Crippen MR) is 57.7 cm³/mol. The lowest BCUT2D eigenvalue weighted by atomic mass is 10.3. The van der Waals surface area contributed by atoms with E-state index in [-0.39, 0.29) is 5.82 Å². The van der Waals surface area contributed by atoms with Crippen molar-refractivity contribution in [2.75, 3.05) is 7.05 Å². The zero-order valence-electron chi connectivity index (χ0n) is 8.53. The molecule has 0 unspecified atom stereocenters. The van der Waals surface area contributed by atoms with Gasteiger partial charge in [-0.25, -0.2) is 4.99 Å². The normalized spacial score (nSPS) is 11.7. The van der Waals surface area contributed by atoms with Gasteiger partial charge in [0.05, 0.1) is 11.8 Å². The molecular formula is C10H12N4O. The summed E-state index contributed by atoms with van der Waals surface area (Å²) in [5.74, 6) is 0.889. The fourth-order valence-corrected chi connectivity index (χ4v) is 1.13. The fraction of sp³-hybridized carbons (Fsp3) is 0.200. The molecule has 0 bridgehead atoms. The lowest BCUT2D eigenvalue weighted by Crippen LogP contribution is -2.23. The van der Waals surface area contributed by atoms with Gasteiger partial charge in [-0.1, -0.05) is 6.58 Å². The number of rotatable bonds is 3. The van der Waals surface area contributed by atoms with Crippen LogP contribution in [-0.4, -0.2) is 18.7 Å². The van der Waals surface area contributed by atoms with Crippen LogP contribution in [0.4, 0.5) is 0 Å². The summed E-state index contributed by atoms with van der Waals surface area (Å²) in [5.41, 5.74) is 6.01. The van der Waals surface area contributed by atoms with Crippen molar-refractivity contribution in [1.82, 2.24) is 4.90 Å². The van der Waals surface area contributed by atoms with Crippen molar-refractivity contribution >= 4 is 19.1 Å². The maximum absolute atomic E-state index is 8.59. The van der Waals surface area contributed by atoms with Crippen molar-refractivity contribution in [2.24, 2.45) is 10.7 Å². The van der Waals surface area contributed by atoms with Crippen molar-refractivity contribution in [3.8, 4) is 6.19 Å². The maximum Gasteiger partial charge on any atom is 0.179 e. The number of nitriles is 1. The lowest BCUT2D eigenvalue weighted by Gasteiger charge is -2.03. The largest absolute Gasteiger partial charge is 0.460 e. The fourth-order valence-electron chi connectivity index (χ4n) is 1.13. The van der Waals surface area contributed by atoms with Gasteiger partial charge >= 0.3 is 0 Å². The van der Waals surface area contributed by atoms with Gasteiger partial charge < -0.3 is 15.1 Å². The molecular weight excluding hydrogens is 192 g/mol. The third kappa shape index (κ3) is 2.38. The van der Waals surface area contributed by atoms with Gasteiger partial charge in [-0.05, 0) is 12.8 Å². The molecule has 1 aromatic heterocycles. The highest BCUT2D eigenvalue weighted by atomic mass is 16.3. The highest BCUT2D eigenvalue weighted by molar-refractivity contribution is 5.47. The second kappa shape index (κ2) is 4.33. The summed E-state index contributed by atoms with van der Waals surface area (Å²) < 4.78 is 5.32. The maximum atomic E-state index is 8.59. The van der Waals surface area contributed by atoms with E-state index in [0.29, 0.717) is 22.9 Å². The molecule has 0 saturated heterocycles. The Kier molecular flexibility index (Phi) is 3.13. The Hall–Kier alpha value is -2.22. The minimum absolute atomic E-state index is 0.273. The van der Waals surface area contributed by atoms with E-state index in [1.165, 1.54) is 4.90 Å². The predicted octanol–water partition coefficient (Wildman–Crippen LogP) is -0.672. The number of nitrogens with two attached hydrogens (primary N) is 1. The van der Waals surface area contributed by atoms with Crippen LogP contribution in [0.1, 0.15) is 5.76 Å². The van der Waals surface area contributed by atoms with Gasteiger partial charge in [0.25, 0.3) is 0 Å². The molecule has 0 saturated carbocycles. The molecule has 0 fully saturated rings. The van der Waals surface area contributed by atoms with Crippen LogP contribution < -0.4 is 16.4 Å². The molecule has 0 aliphatic heterocycles. The lowest BCUT2D eigenvalue weighted by molar-refractivity contribution is 0.383. The summed E-state index contributed by atoms with van der Waals surface area (Å²) in [5, 5.41) is 9.20. The Morgan fingerprint density at radius 1 is 1.80 bits per heavy atom. The third-order valence-electron chi connectivity index (χ3n) is 1.87. The molecule has 2 N–H and O–H groups in total. The number of aliphatic imine (C=N–C) groups is 1. The summed E-state index contributed by atoms with van der Waals surface area (Å²) in [6.07, 6.45) is 1.96. The van der Waals surface area contributed by atoms with Crippen LogP contribution in [0, 0.1) is 11.5 Å². The quantitative estimate of drug-likeness (QED) is 0.402. The molecule has 0 amide bonds. The second-order valence-electron chi connectivity index (χ2n) is 3.05. The molecule has 78 valence electrons. The first-order chi connectivity index (χ1) is 7.08. The molecule has 5 nitrogen and oxygen atoms in total. The Labute approximate surface area is 87.4 Å². The molecule has 0 atom stereocenters. The number of nitrogens with zero attached hydrogens (tertiary/aromatic N) is 3. The van der Waals surface area contributed by atoms with Crippen molar-refractivity contribution in [1.29, 1.82) is 5.26 Å². The van der Waals surface area contributed by atoms with Crippen molar-refractivity contribution in [3.05, 3.63) is 22.5 Å². The number of furan rings is 1. The molecule has 0 aliphatic rings. The molecule has 1 aromatic rings. The van der Waals surface area contributed by atoms with Gasteiger partial charge in [-0.2, -0.15) is 5.26 Å². The summed E-state index contributed by atoms with van der Waals surface area (Å²) in [7, 11) is 1.66. The van der Waals surface area contributed by atoms with Crippen molar-refractivity contribution in [2.45, 2.75) is 6.54 Å². The van der Waals surface area contributed by atoms with E-state index in [2.05, 4.69) is 18.3 Å². The summed E-state index contributed by atoms with van der Waals surface area (Å²) >= 11 is 0. The van der Waals surface area contributed by atoms with Gasteiger partial charge in [-0.3, -0.25) is 0 Å². The first-order valence-electron chi connectivity index (χ1n) is 4.23. The first kappa shape index (κ1) is 10.9. The standard InChI is InChI=1S/C10H12N4O/c1-7-9(10(12)13-2)4-8(15-7)5-14(3)6-11/h4H,1-2,5,12H2,3H3/b10-9-. The van der Waals surface area contributed by atoms with Crippen LogP contribution in [0.5, 0.6) is 0 Å². The molecule has 0 spiro atoms. The Morgan fingerprint density at radius 3 is 3.00 bits per heavy atom. The summed E-state index contributed by atoms with van der Waals surface area (Å²) in [6, 6.07) is 1.71. The minimum atomic E-state index is 0.273. The average Bonchev–Trinajstić information content (AvgIpc) is 2.58. The van der Waals surface area contributed by atoms with E-state index < -0.39 is 0 Å². The Balaban J connectivity index is 3.14. The van der Waals surface area contributed by atoms with Crippen LogP contribution in [0.25, 0.3) is 12.4 Å². The molecule has 15 heavy (non-hydrogen) atoms. The van der Waals surface area contributed by atoms with Gasteiger partial charge in [-0.15, -0.1) is 0 Å². The highest BCUT2D eigenvalue weighted by Crippen LogP contribution is 1.96. The van der Waals surface area contributed by atoms with E-state index in [0.717, 1.165) is 0 Å². The SMILES string of the molecule is C=N/C(N)=c1/cc(CN(C)C#N)oc1=C. The monoisotopic (exact) mass is 204 g/mol. The van der Waals surface area contributed by atoms with Gasteiger partial charge in [0.15, 0.2) is 6.19 Å². The van der Waals surface area contributed by atoms with Crippen molar-refractivity contribution in [3.63, 3.8) is 0 Å². The molecule has 1 heterocycles. The van der Waals surface area contributed by atoms with Gasteiger partial charge in [0.2, 0.25) is 0 Å². The summed E-state index contributed by atoms with van der Waals surface area (Å²) in [6.45, 7) is 7.39. The molecule has 1 rings (SSSR count). The van der Waals surface area contributed by atoms with Crippen LogP contribution in [0.15, 0.2) is 15.5 Å². The average molecular weight is 204 g/mol. The van der Waals surface area contributed by atoms with E-state index >= 15 is 0 Å². The highest BCUT2D eigenvalue weighted by Gasteiger charge is 2.03. The van der Waals surface area contributed by atoms with Crippen LogP contribution >= 0.6 is 0 Å². The van der Waals surface area contributed by atoms with Gasteiger partial charge in [0, 0.05) is 7.05 Å². The van der Waals surface area contributed by atoms with Gasteiger partial charge in [0.1, 0.15) is 17.0 Å². The topological polar surface area (TPSA) is 78.5 Å². The first-order valence-corrected chi connectivity index (χ1v) is 4.23. The number of hydrogen-bond acceptors (Lipinski definition) is 5. The molecule has 0 radical (unpaired) electrons. The van der Waals surface area contributed by atoms with E-state index in [4.69, 9.17) is 15.4 Å². The van der Waals surface area contributed by atoms with Crippen molar-refractivity contribution < 1.29 is 4.42 Å². The van der Waals surface area contributed by atoms with E-state index in [9.17, 15) is 0 Å². The Bertz CT molecular complexity index is 509.